The molecule has 6 heteroatoms. The fraction of sp³-hybridized carbons (Fsp3) is 0.353. The van der Waals surface area contributed by atoms with Gasteiger partial charge in [0.05, 0.1) is 24.8 Å². The molecule has 1 atom stereocenters. The molecule has 0 bridgehead atoms. The third-order valence-corrected chi connectivity index (χ3v) is 3.98. The van der Waals surface area contributed by atoms with Crippen LogP contribution < -0.4 is 0 Å². The summed E-state index contributed by atoms with van der Waals surface area (Å²) in [5.41, 5.74) is 0.414. The Morgan fingerprint density at radius 2 is 2.22 bits per heavy atom. The first kappa shape index (κ1) is 15.7. The van der Waals surface area contributed by atoms with Gasteiger partial charge in [-0.3, -0.25) is 4.90 Å². The molecule has 0 spiro atoms. The topological polar surface area (TPSA) is 62.9 Å². The van der Waals surface area contributed by atoms with E-state index >= 15 is 0 Å². The molecule has 1 saturated heterocycles. The van der Waals surface area contributed by atoms with E-state index in [4.69, 9.17) is 14.3 Å². The van der Waals surface area contributed by atoms with Crippen molar-refractivity contribution in [1.82, 2.24) is 4.90 Å². The number of aryl methyl sites for hydroxylation is 1. The van der Waals surface area contributed by atoms with Gasteiger partial charge in [-0.15, -0.1) is 0 Å². The van der Waals surface area contributed by atoms with E-state index in [2.05, 4.69) is 4.90 Å². The first-order valence-corrected chi connectivity index (χ1v) is 7.44. The summed E-state index contributed by atoms with van der Waals surface area (Å²) in [6.07, 6.45) is 0. The minimum atomic E-state index is -1.26. The van der Waals surface area contributed by atoms with E-state index < -0.39 is 11.8 Å². The average Bonchev–Trinajstić information content (AvgIpc) is 2.94. The van der Waals surface area contributed by atoms with Gasteiger partial charge in [-0.2, -0.15) is 0 Å². The van der Waals surface area contributed by atoms with Crippen molar-refractivity contribution < 1.29 is 23.4 Å². The van der Waals surface area contributed by atoms with E-state index in [0.717, 1.165) is 17.1 Å². The number of morpholine rings is 1. The lowest BCUT2D eigenvalue weighted by Gasteiger charge is -2.34. The minimum absolute atomic E-state index is 0.0281. The zero-order chi connectivity index (χ0) is 16.4. The molecule has 0 saturated carbocycles. The fourth-order valence-electron chi connectivity index (χ4n) is 2.79. The molecule has 2 heterocycles. The monoisotopic (exact) mass is 319 g/mol. The Morgan fingerprint density at radius 1 is 1.39 bits per heavy atom. The Kier molecular flexibility index (Phi) is 4.45. The van der Waals surface area contributed by atoms with Gasteiger partial charge in [0.2, 0.25) is 0 Å². The Hall–Kier alpha value is -2.18. The highest BCUT2D eigenvalue weighted by Gasteiger charge is 2.27. The summed E-state index contributed by atoms with van der Waals surface area (Å²) in [7, 11) is 0. The molecule has 1 fully saturated rings. The molecule has 1 N–H and O–H groups in total. The molecule has 0 aliphatic carbocycles. The van der Waals surface area contributed by atoms with Gasteiger partial charge >= 0.3 is 5.97 Å². The SMILES string of the molecule is Cc1ccc(C2COCCN2Cc2ccc(C(=O)O)c(F)c2)o1. The van der Waals surface area contributed by atoms with Crippen molar-refractivity contribution in [2.75, 3.05) is 19.8 Å². The molecule has 0 amide bonds. The summed E-state index contributed by atoms with van der Waals surface area (Å²) in [6.45, 7) is 4.21. The Balaban J connectivity index is 1.79. The van der Waals surface area contributed by atoms with Crippen molar-refractivity contribution in [3.05, 3.63) is 58.8 Å². The summed E-state index contributed by atoms with van der Waals surface area (Å²) in [5.74, 6) is -0.315. The van der Waals surface area contributed by atoms with Gasteiger partial charge < -0.3 is 14.3 Å². The van der Waals surface area contributed by atoms with Crippen molar-refractivity contribution in [2.24, 2.45) is 0 Å². The predicted molar refractivity (Wildman–Crippen MR) is 80.8 cm³/mol. The maximum absolute atomic E-state index is 13.8. The summed E-state index contributed by atoms with van der Waals surface area (Å²) in [5, 5.41) is 8.89. The van der Waals surface area contributed by atoms with E-state index in [-0.39, 0.29) is 11.6 Å². The Morgan fingerprint density at radius 3 is 2.87 bits per heavy atom. The van der Waals surface area contributed by atoms with E-state index in [0.29, 0.717) is 26.3 Å². The number of benzene rings is 1. The Bertz CT molecular complexity index is 712. The number of carbonyl (C=O) groups is 1. The number of hydrogen-bond donors (Lipinski definition) is 1. The zero-order valence-electron chi connectivity index (χ0n) is 12.8. The molecule has 1 aliphatic rings. The maximum atomic E-state index is 13.8. The van der Waals surface area contributed by atoms with Crippen LogP contribution >= 0.6 is 0 Å². The van der Waals surface area contributed by atoms with Gasteiger partial charge in [-0.25, -0.2) is 9.18 Å². The smallest absolute Gasteiger partial charge is 0.338 e. The number of carboxylic acid groups (broad SMARTS) is 1. The molecule has 1 aromatic heterocycles. The van der Waals surface area contributed by atoms with Gasteiger partial charge in [0.15, 0.2) is 0 Å². The number of hydrogen-bond acceptors (Lipinski definition) is 4. The summed E-state index contributed by atoms with van der Waals surface area (Å²) >= 11 is 0. The van der Waals surface area contributed by atoms with Crippen molar-refractivity contribution in [2.45, 2.75) is 19.5 Å². The number of ether oxygens (including phenoxy) is 1. The number of carboxylic acids is 1. The third kappa shape index (κ3) is 3.43. The van der Waals surface area contributed by atoms with Crippen LogP contribution in [0.5, 0.6) is 0 Å². The number of rotatable bonds is 4. The summed E-state index contributed by atoms with van der Waals surface area (Å²) in [4.78, 5) is 13.0. The molecule has 5 nitrogen and oxygen atoms in total. The van der Waals surface area contributed by atoms with Crippen LogP contribution in [0.1, 0.15) is 33.5 Å². The van der Waals surface area contributed by atoms with Crippen LogP contribution in [0.15, 0.2) is 34.7 Å². The van der Waals surface area contributed by atoms with Gasteiger partial charge in [0, 0.05) is 13.1 Å². The highest BCUT2D eigenvalue weighted by atomic mass is 19.1. The minimum Gasteiger partial charge on any atom is -0.478 e. The third-order valence-electron chi connectivity index (χ3n) is 3.98. The van der Waals surface area contributed by atoms with Gasteiger partial charge in [0.1, 0.15) is 17.3 Å². The van der Waals surface area contributed by atoms with Crippen LogP contribution in [0.3, 0.4) is 0 Å². The first-order chi connectivity index (χ1) is 11.0. The standard InChI is InChI=1S/C17H18FNO4/c1-11-2-5-16(23-11)15-10-22-7-6-19(15)9-12-3-4-13(17(20)21)14(18)8-12/h2-5,8,15H,6-7,9-10H2,1H3,(H,20,21). The molecule has 3 rings (SSSR count). The van der Waals surface area contributed by atoms with Gasteiger partial charge in [-0.1, -0.05) is 6.07 Å². The molecule has 2 aromatic rings. The highest BCUT2D eigenvalue weighted by Crippen LogP contribution is 2.27. The van der Waals surface area contributed by atoms with Crippen LogP contribution in [0.4, 0.5) is 4.39 Å². The second-order valence-corrected chi connectivity index (χ2v) is 5.63. The second kappa shape index (κ2) is 6.52. The average molecular weight is 319 g/mol. The molecule has 1 aromatic carbocycles. The highest BCUT2D eigenvalue weighted by molar-refractivity contribution is 5.87. The molecule has 23 heavy (non-hydrogen) atoms. The number of nitrogens with zero attached hydrogens (tertiary/aromatic N) is 1. The van der Waals surface area contributed by atoms with Crippen molar-refractivity contribution in [1.29, 1.82) is 0 Å². The fourth-order valence-corrected chi connectivity index (χ4v) is 2.79. The van der Waals surface area contributed by atoms with E-state index in [9.17, 15) is 9.18 Å². The second-order valence-electron chi connectivity index (χ2n) is 5.63. The summed E-state index contributed by atoms with van der Waals surface area (Å²) < 4.78 is 25.1. The quantitative estimate of drug-likeness (QED) is 0.938. The van der Waals surface area contributed by atoms with Crippen LogP contribution in [-0.4, -0.2) is 35.7 Å². The molecule has 122 valence electrons. The largest absolute Gasteiger partial charge is 0.478 e. The van der Waals surface area contributed by atoms with Crippen LogP contribution in [0.25, 0.3) is 0 Å². The predicted octanol–water partition coefficient (Wildman–Crippen LogP) is 3.00. The number of halogens is 1. The molecule has 0 radical (unpaired) electrons. The van der Waals surface area contributed by atoms with Crippen LogP contribution in [0.2, 0.25) is 0 Å². The molecular weight excluding hydrogens is 301 g/mol. The molecule has 1 unspecified atom stereocenters. The zero-order valence-corrected chi connectivity index (χ0v) is 12.8. The first-order valence-electron chi connectivity index (χ1n) is 7.44. The van der Waals surface area contributed by atoms with E-state index in [1.807, 2.05) is 19.1 Å². The lowest BCUT2D eigenvalue weighted by atomic mass is 10.1. The van der Waals surface area contributed by atoms with Crippen molar-refractivity contribution in [3.8, 4) is 0 Å². The Labute approximate surface area is 133 Å². The van der Waals surface area contributed by atoms with Crippen molar-refractivity contribution >= 4 is 5.97 Å². The normalized spacial score (nSPS) is 19.0. The summed E-state index contributed by atoms with van der Waals surface area (Å²) in [6, 6.07) is 8.04. The maximum Gasteiger partial charge on any atom is 0.338 e. The number of aromatic carboxylic acids is 1. The number of furan rings is 1. The lowest BCUT2D eigenvalue weighted by Crippen LogP contribution is -2.38. The van der Waals surface area contributed by atoms with E-state index in [1.165, 1.54) is 12.1 Å². The van der Waals surface area contributed by atoms with Crippen LogP contribution in [0, 0.1) is 12.7 Å². The molecular formula is C17H18FNO4. The van der Waals surface area contributed by atoms with Crippen molar-refractivity contribution in [3.63, 3.8) is 0 Å². The van der Waals surface area contributed by atoms with E-state index in [1.54, 1.807) is 6.07 Å². The van der Waals surface area contributed by atoms with Gasteiger partial charge in [-0.05, 0) is 36.8 Å². The molecule has 1 aliphatic heterocycles. The van der Waals surface area contributed by atoms with Gasteiger partial charge in [0.25, 0.3) is 0 Å². The van der Waals surface area contributed by atoms with Crippen LogP contribution in [-0.2, 0) is 11.3 Å². The lowest BCUT2D eigenvalue weighted by molar-refractivity contribution is -0.0205.